The largest absolute Gasteiger partial charge is 0.420 e. The van der Waals surface area contributed by atoms with Gasteiger partial charge in [0.1, 0.15) is 0 Å². The highest BCUT2D eigenvalue weighted by atomic mass is 16.4. The van der Waals surface area contributed by atoms with Gasteiger partial charge in [0.15, 0.2) is 5.58 Å². The Morgan fingerprint density at radius 3 is 2.75 bits per heavy atom. The summed E-state index contributed by atoms with van der Waals surface area (Å²) in [4.78, 5) is 28.1. The fraction of sp³-hybridized carbons (Fsp3) is 0.276. The second kappa shape index (κ2) is 11.2. The van der Waals surface area contributed by atoms with Crippen LogP contribution in [-0.2, 0) is 17.8 Å². The lowest BCUT2D eigenvalue weighted by molar-refractivity contribution is -0.121. The van der Waals surface area contributed by atoms with Crippen LogP contribution in [-0.4, -0.2) is 66.8 Å². The van der Waals surface area contributed by atoms with Gasteiger partial charge in [0.05, 0.1) is 30.6 Å². The molecule has 2 aromatic heterocycles. The molecular formula is C29H29N7O4. The molecule has 1 saturated heterocycles. The van der Waals surface area contributed by atoms with Gasteiger partial charge in [-0.1, -0.05) is 54.6 Å². The van der Waals surface area contributed by atoms with Crippen LogP contribution in [0.15, 0.2) is 82.0 Å². The molecule has 204 valence electrons. The SMILES string of the molecule is O=C(Cc1ccc2oc(=O)n(Cc3cccc(-c4nn[nH]n4)c3)c2c1)N[C@H](CN1CCC(O)C1)c1ccccc1. The van der Waals surface area contributed by atoms with Gasteiger partial charge < -0.3 is 14.8 Å². The molecule has 0 bridgehead atoms. The van der Waals surface area contributed by atoms with Crippen LogP contribution >= 0.6 is 0 Å². The number of fused-ring (bicyclic) bond motifs is 1. The molecule has 3 N–H and O–H groups in total. The number of likely N-dealkylation sites (tertiary alicyclic amines) is 1. The first-order chi connectivity index (χ1) is 19.5. The minimum Gasteiger partial charge on any atom is -0.408 e. The monoisotopic (exact) mass is 539 g/mol. The number of hydrogen-bond acceptors (Lipinski definition) is 8. The van der Waals surface area contributed by atoms with E-state index in [0.717, 1.165) is 35.2 Å². The van der Waals surface area contributed by atoms with Crippen molar-refractivity contribution in [2.24, 2.45) is 0 Å². The molecule has 0 radical (unpaired) electrons. The average molecular weight is 540 g/mol. The quantitative estimate of drug-likeness (QED) is 0.259. The third kappa shape index (κ3) is 5.70. The van der Waals surface area contributed by atoms with Crippen LogP contribution < -0.4 is 11.1 Å². The number of aliphatic hydroxyl groups is 1. The number of nitrogens with one attached hydrogen (secondary N) is 2. The van der Waals surface area contributed by atoms with Crippen molar-refractivity contribution in [2.75, 3.05) is 19.6 Å². The van der Waals surface area contributed by atoms with Crippen molar-refractivity contribution in [1.29, 1.82) is 0 Å². The van der Waals surface area contributed by atoms with Crippen molar-refractivity contribution < 1.29 is 14.3 Å². The van der Waals surface area contributed by atoms with Crippen molar-refractivity contribution >= 4 is 17.0 Å². The average Bonchev–Trinajstić information content (AvgIpc) is 3.71. The third-order valence-corrected chi connectivity index (χ3v) is 7.19. The number of H-pyrrole nitrogens is 1. The summed E-state index contributed by atoms with van der Waals surface area (Å²) in [5.41, 5.74) is 4.50. The minimum absolute atomic E-state index is 0.127. The fourth-order valence-corrected chi connectivity index (χ4v) is 5.23. The molecule has 2 atom stereocenters. The molecule has 3 heterocycles. The molecule has 0 spiro atoms. The molecule has 1 aliphatic heterocycles. The summed E-state index contributed by atoms with van der Waals surface area (Å²) >= 11 is 0. The number of oxazole rings is 1. The maximum atomic E-state index is 13.2. The van der Waals surface area contributed by atoms with Crippen molar-refractivity contribution in [1.82, 2.24) is 35.4 Å². The van der Waals surface area contributed by atoms with Crippen LogP contribution in [0, 0.1) is 0 Å². The zero-order valence-electron chi connectivity index (χ0n) is 21.7. The lowest BCUT2D eigenvalue weighted by Crippen LogP contribution is -2.38. The number of carbonyl (C=O) groups is 1. The molecule has 1 fully saturated rings. The molecule has 0 aliphatic carbocycles. The van der Waals surface area contributed by atoms with E-state index in [1.165, 1.54) is 0 Å². The number of carbonyl (C=O) groups excluding carboxylic acids is 1. The van der Waals surface area contributed by atoms with Gasteiger partial charge in [-0.05, 0) is 46.5 Å². The lowest BCUT2D eigenvalue weighted by Gasteiger charge is -2.25. The van der Waals surface area contributed by atoms with E-state index in [-0.39, 0.29) is 31.0 Å². The molecule has 1 amide bonds. The number of β-amino-alcohol motifs (C(OH)–C–C–N with tert-alkyl or cyclic N) is 1. The zero-order chi connectivity index (χ0) is 27.5. The number of benzene rings is 3. The standard InChI is InChI=1S/C29H29N7O4/c37-23-11-12-35(17-23)18-24(21-6-2-1-3-7-21)30-27(38)15-19-9-10-26-25(14-19)36(29(39)40-26)16-20-5-4-8-22(13-20)28-31-33-34-32-28/h1-10,13-14,23-24,37H,11-12,15-18H2,(H,30,38)(H,31,32,33,34)/t23?,24-/m1/s1. The first-order valence-corrected chi connectivity index (χ1v) is 13.2. The van der Waals surface area contributed by atoms with Crippen molar-refractivity contribution in [3.8, 4) is 11.4 Å². The molecule has 1 unspecified atom stereocenters. The number of tetrazole rings is 1. The molecular weight excluding hydrogens is 510 g/mol. The predicted octanol–water partition coefficient (Wildman–Crippen LogP) is 2.29. The maximum Gasteiger partial charge on any atom is 0.420 e. The van der Waals surface area contributed by atoms with E-state index in [0.29, 0.717) is 30.0 Å². The second-order valence-electron chi connectivity index (χ2n) is 10.1. The number of rotatable bonds is 9. The number of nitrogens with zero attached hydrogens (tertiary/aromatic N) is 5. The molecule has 0 saturated carbocycles. The number of amides is 1. The second-order valence-corrected chi connectivity index (χ2v) is 10.1. The zero-order valence-corrected chi connectivity index (χ0v) is 21.7. The van der Waals surface area contributed by atoms with Gasteiger partial charge in [-0.2, -0.15) is 5.21 Å². The van der Waals surface area contributed by atoms with Crippen LogP contribution in [0.5, 0.6) is 0 Å². The van der Waals surface area contributed by atoms with Gasteiger partial charge in [-0.25, -0.2) is 4.79 Å². The highest BCUT2D eigenvalue weighted by molar-refractivity contribution is 5.81. The Morgan fingerprint density at radius 1 is 1.10 bits per heavy atom. The Labute approximate surface area is 229 Å². The first kappa shape index (κ1) is 25.7. The molecule has 6 rings (SSSR count). The molecule has 3 aromatic carbocycles. The van der Waals surface area contributed by atoms with Crippen LogP contribution in [0.3, 0.4) is 0 Å². The van der Waals surface area contributed by atoms with Crippen LogP contribution in [0.1, 0.15) is 29.2 Å². The minimum atomic E-state index is -0.474. The smallest absolute Gasteiger partial charge is 0.408 e. The first-order valence-electron chi connectivity index (χ1n) is 13.2. The maximum absolute atomic E-state index is 13.2. The Kier molecular flexibility index (Phi) is 7.21. The highest BCUT2D eigenvalue weighted by Gasteiger charge is 2.25. The topological polar surface area (TPSA) is 142 Å². The molecule has 11 nitrogen and oxygen atoms in total. The number of hydrogen-bond donors (Lipinski definition) is 3. The van der Waals surface area contributed by atoms with Crippen LogP contribution in [0.2, 0.25) is 0 Å². The van der Waals surface area contributed by atoms with Gasteiger partial charge in [0, 0.05) is 25.2 Å². The Balaban J connectivity index is 1.20. The highest BCUT2D eigenvalue weighted by Crippen LogP contribution is 2.21. The van der Waals surface area contributed by atoms with E-state index in [9.17, 15) is 14.7 Å². The van der Waals surface area contributed by atoms with Crippen LogP contribution in [0.4, 0.5) is 0 Å². The molecule has 11 heteroatoms. The number of aromatic nitrogens is 5. The number of aromatic amines is 1. The summed E-state index contributed by atoms with van der Waals surface area (Å²) in [5, 5.41) is 27.2. The van der Waals surface area contributed by atoms with Gasteiger partial charge in [0.2, 0.25) is 11.7 Å². The normalized spacial score (nSPS) is 16.4. The fourth-order valence-electron chi connectivity index (χ4n) is 5.23. The summed E-state index contributed by atoms with van der Waals surface area (Å²) in [7, 11) is 0. The predicted molar refractivity (Wildman–Crippen MR) is 147 cm³/mol. The lowest BCUT2D eigenvalue weighted by atomic mass is 10.1. The molecule has 5 aromatic rings. The summed E-state index contributed by atoms with van der Waals surface area (Å²) in [6.07, 6.45) is 0.561. The van der Waals surface area contributed by atoms with Crippen molar-refractivity contribution in [2.45, 2.75) is 31.5 Å². The van der Waals surface area contributed by atoms with Gasteiger partial charge >= 0.3 is 5.76 Å². The van der Waals surface area contributed by atoms with E-state index in [4.69, 9.17) is 4.42 Å². The summed E-state index contributed by atoms with van der Waals surface area (Å²) < 4.78 is 7.03. The van der Waals surface area contributed by atoms with E-state index in [2.05, 4.69) is 30.8 Å². The molecule has 1 aliphatic rings. The third-order valence-electron chi connectivity index (χ3n) is 7.19. The van der Waals surface area contributed by atoms with Gasteiger partial charge in [-0.3, -0.25) is 14.3 Å². The summed E-state index contributed by atoms with van der Waals surface area (Å²) in [5.74, 6) is -0.133. The summed E-state index contributed by atoms with van der Waals surface area (Å²) in [6, 6.07) is 22.6. The van der Waals surface area contributed by atoms with E-state index in [1.54, 1.807) is 16.7 Å². The Morgan fingerprint density at radius 2 is 1.98 bits per heavy atom. The van der Waals surface area contributed by atoms with E-state index < -0.39 is 5.76 Å². The van der Waals surface area contributed by atoms with E-state index >= 15 is 0 Å². The van der Waals surface area contributed by atoms with Crippen molar-refractivity contribution in [3.05, 3.63) is 100 Å². The Bertz CT molecular complexity index is 1660. The van der Waals surface area contributed by atoms with Gasteiger partial charge in [-0.15, -0.1) is 10.2 Å². The van der Waals surface area contributed by atoms with Gasteiger partial charge in [0.25, 0.3) is 0 Å². The van der Waals surface area contributed by atoms with Crippen molar-refractivity contribution in [3.63, 3.8) is 0 Å². The molecule has 40 heavy (non-hydrogen) atoms. The number of aliphatic hydroxyl groups excluding tert-OH is 1. The van der Waals surface area contributed by atoms with Crippen LogP contribution in [0.25, 0.3) is 22.5 Å². The Hall–Kier alpha value is -4.61. The van der Waals surface area contributed by atoms with E-state index in [1.807, 2.05) is 60.7 Å². The summed E-state index contributed by atoms with van der Waals surface area (Å²) in [6.45, 7) is 2.31.